The van der Waals surface area contributed by atoms with Gasteiger partial charge in [-0.15, -0.1) is 0 Å². The Labute approximate surface area is 105 Å². The van der Waals surface area contributed by atoms with Gasteiger partial charge >= 0.3 is 5.97 Å². The molecule has 0 unspecified atom stereocenters. The number of nitrogens with one attached hydrogen (secondary N) is 2. The number of aromatic carboxylic acids is 1. The lowest BCUT2D eigenvalue weighted by atomic mass is 10.2. The first-order valence-corrected chi connectivity index (χ1v) is 5.79. The first-order chi connectivity index (χ1) is 8.63. The summed E-state index contributed by atoms with van der Waals surface area (Å²) in [6.07, 6.45) is 1.88. The number of carbonyl (C=O) groups excluding carboxylic acids is 1. The monoisotopic (exact) mass is 251 g/mol. The Kier molecular flexibility index (Phi) is 5.79. The van der Waals surface area contributed by atoms with Crippen molar-refractivity contribution in [2.45, 2.75) is 19.9 Å². The highest BCUT2D eigenvalue weighted by Crippen LogP contribution is 2.00. The summed E-state index contributed by atoms with van der Waals surface area (Å²) >= 11 is 0. The molecule has 0 fully saturated rings. The molecule has 1 heterocycles. The van der Waals surface area contributed by atoms with Crippen molar-refractivity contribution in [1.29, 1.82) is 0 Å². The van der Waals surface area contributed by atoms with Crippen LogP contribution in [0.15, 0.2) is 18.3 Å². The lowest BCUT2D eigenvalue weighted by Crippen LogP contribution is -2.27. The zero-order valence-corrected chi connectivity index (χ0v) is 10.3. The van der Waals surface area contributed by atoms with Crippen molar-refractivity contribution in [3.05, 3.63) is 29.6 Å². The molecule has 18 heavy (non-hydrogen) atoms. The molecule has 0 radical (unpaired) electrons. The SMILES string of the molecule is CCNCCC(=O)NCc1ccc(C(=O)O)nc1. The van der Waals surface area contributed by atoms with Crippen LogP contribution in [0.4, 0.5) is 0 Å². The van der Waals surface area contributed by atoms with Crippen LogP contribution in [0.1, 0.15) is 29.4 Å². The molecule has 0 aliphatic heterocycles. The maximum atomic E-state index is 11.4. The van der Waals surface area contributed by atoms with Gasteiger partial charge in [0.05, 0.1) is 0 Å². The second kappa shape index (κ2) is 7.39. The van der Waals surface area contributed by atoms with E-state index in [1.807, 2.05) is 6.92 Å². The Morgan fingerprint density at radius 2 is 2.17 bits per heavy atom. The van der Waals surface area contributed by atoms with Gasteiger partial charge in [0.1, 0.15) is 5.69 Å². The number of carboxylic acid groups (broad SMARTS) is 1. The number of pyridine rings is 1. The molecule has 6 heteroatoms. The number of aromatic nitrogens is 1. The van der Waals surface area contributed by atoms with E-state index in [1.54, 1.807) is 6.07 Å². The summed E-state index contributed by atoms with van der Waals surface area (Å²) in [6.45, 7) is 3.83. The molecule has 1 aromatic rings. The van der Waals surface area contributed by atoms with E-state index in [9.17, 15) is 9.59 Å². The first-order valence-electron chi connectivity index (χ1n) is 5.79. The van der Waals surface area contributed by atoms with Crippen LogP contribution in [-0.4, -0.2) is 35.1 Å². The van der Waals surface area contributed by atoms with E-state index in [0.29, 0.717) is 19.5 Å². The fourth-order valence-electron chi connectivity index (χ4n) is 1.32. The van der Waals surface area contributed by atoms with Gasteiger partial charge < -0.3 is 15.7 Å². The van der Waals surface area contributed by atoms with Crippen LogP contribution < -0.4 is 10.6 Å². The molecule has 1 amide bonds. The van der Waals surface area contributed by atoms with E-state index in [1.165, 1.54) is 12.3 Å². The maximum Gasteiger partial charge on any atom is 0.354 e. The second-order valence-electron chi connectivity index (χ2n) is 3.74. The Balaban J connectivity index is 2.34. The smallest absolute Gasteiger partial charge is 0.354 e. The van der Waals surface area contributed by atoms with E-state index < -0.39 is 5.97 Å². The highest BCUT2D eigenvalue weighted by atomic mass is 16.4. The van der Waals surface area contributed by atoms with Crippen LogP contribution in [0.5, 0.6) is 0 Å². The Morgan fingerprint density at radius 3 is 2.72 bits per heavy atom. The lowest BCUT2D eigenvalue weighted by molar-refractivity contribution is -0.121. The van der Waals surface area contributed by atoms with E-state index in [0.717, 1.165) is 12.1 Å². The average Bonchev–Trinajstić information content (AvgIpc) is 2.37. The molecule has 0 spiro atoms. The summed E-state index contributed by atoms with van der Waals surface area (Å²) in [4.78, 5) is 25.8. The molecule has 0 atom stereocenters. The first kappa shape index (κ1) is 14.1. The minimum atomic E-state index is -1.06. The minimum absolute atomic E-state index is 0.00257. The molecule has 0 saturated carbocycles. The largest absolute Gasteiger partial charge is 0.477 e. The summed E-state index contributed by atoms with van der Waals surface area (Å²) in [5.41, 5.74) is 0.772. The van der Waals surface area contributed by atoms with Gasteiger partial charge in [-0.05, 0) is 18.2 Å². The van der Waals surface area contributed by atoms with Crippen molar-refractivity contribution in [2.24, 2.45) is 0 Å². The number of hydrogen-bond acceptors (Lipinski definition) is 4. The number of carboxylic acids is 1. The number of carbonyl (C=O) groups is 2. The molecule has 0 aliphatic rings. The van der Waals surface area contributed by atoms with Gasteiger partial charge in [-0.25, -0.2) is 9.78 Å². The van der Waals surface area contributed by atoms with Crippen molar-refractivity contribution in [3.8, 4) is 0 Å². The molecular formula is C12H17N3O3. The predicted octanol–water partition coefficient (Wildman–Crippen LogP) is 0.396. The van der Waals surface area contributed by atoms with E-state index in [-0.39, 0.29) is 11.6 Å². The van der Waals surface area contributed by atoms with Crippen molar-refractivity contribution in [1.82, 2.24) is 15.6 Å². The van der Waals surface area contributed by atoms with Gasteiger partial charge in [-0.2, -0.15) is 0 Å². The standard InChI is InChI=1S/C12H17N3O3/c1-2-13-6-5-11(16)15-8-9-3-4-10(12(17)18)14-7-9/h3-4,7,13H,2,5-6,8H2,1H3,(H,15,16)(H,17,18). The zero-order chi connectivity index (χ0) is 13.4. The Morgan fingerprint density at radius 1 is 1.39 bits per heavy atom. The molecule has 6 nitrogen and oxygen atoms in total. The highest BCUT2D eigenvalue weighted by Gasteiger charge is 2.04. The molecule has 0 bridgehead atoms. The number of rotatable bonds is 7. The van der Waals surface area contributed by atoms with Crippen molar-refractivity contribution in [2.75, 3.05) is 13.1 Å². The topological polar surface area (TPSA) is 91.3 Å². The van der Waals surface area contributed by atoms with Gasteiger partial charge in [0.15, 0.2) is 0 Å². The second-order valence-corrected chi connectivity index (χ2v) is 3.74. The zero-order valence-electron chi connectivity index (χ0n) is 10.3. The summed E-state index contributed by atoms with van der Waals surface area (Å²) < 4.78 is 0. The predicted molar refractivity (Wildman–Crippen MR) is 66.2 cm³/mol. The van der Waals surface area contributed by atoms with Crippen molar-refractivity contribution in [3.63, 3.8) is 0 Å². The van der Waals surface area contributed by atoms with Crippen LogP contribution in [0.2, 0.25) is 0 Å². The Bertz CT molecular complexity index is 404. The average molecular weight is 251 g/mol. The molecule has 1 aromatic heterocycles. The fraction of sp³-hybridized carbons (Fsp3) is 0.417. The molecule has 0 aromatic carbocycles. The normalized spacial score (nSPS) is 10.1. The van der Waals surface area contributed by atoms with E-state index in [2.05, 4.69) is 15.6 Å². The third kappa shape index (κ3) is 4.92. The third-order valence-electron chi connectivity index (χ3n) is 2.31. The van der Waals surface area contributed by atoms with Gasteiger partial charge in [0.25, 0.3) is 0 Å². The van der Waals surface area contributed by atoms with E-state index in [4.69, 9.17) is 5.11 Å². The molecule has 1 rings (SSSR count). The number of amides is 1. The molecule has 3 N–H and O–H groups in total. The van der Waals surface area contributed by atoms with Gasteiger partial charge in [-0.3, -0.25) is 4.79 Å². The van der Waals surface area contributed by atoms with E-state index >= 15 is 0 Å². The van der Waals surface area contributed by atoms with Crippen LogP contribution in [-0.2, 0) is 11.3 Å². The third-order valence-corrected chi connectivity index (χ3v) is 2.31. The molecule has 98 valence electrons. The lowest BCUT2D eigenvalue weighted by Gasteiger charge is -2.05. The summed E-state index contributed by atoms with van der Waals surface area (Å²) in [5, 5.41) is 14.5. The van der Waals surface area contributed by atoms with Crippen LogP contribution in [0.25, 0.3) is 0 Å². The number of hydrogen-bond donors (Lipinski definition) is 3. The highest BCUT2D eigenvalue weighted by molar-refractivity contribution is 5.85. The summed E-state index contributed by atoms with van der Waals surface area (Å²) in [5.74, 6) is -1.10. The van der Waals surface area contributed by atoms with Crippen molar-refractivity contribution < 1.29 is 14.7 Å². The van der Waals surface area contributed by atoms with Gasteiger partial charge in [0.2, 0.25) is 5.91 Å². The summed E-state index contributed by atoms with van der Waals surface area (Å²) in [6, 6.07) is 3.06. The van der Waals surface area contributed by atoms with Gasteiger partial charge in [0, 0.05) is 25.7 Å². The maximum absolute atomic E-state index is 11.4. The molecular weight excluding hydrogens is 234 g/mol. The quantitative estimate of drug-likeness (QED) is 0.610. The Hall–Kier alpha value is -1.95. The van der Waals surface area contributed by atoms with Crippen LogP contribution in [0.3, 0.4) is 0 Å². The van der Waals surface area contributed by atoms with Crippen LogP contribution >= 0.6 is 0 Å². The summed E-state index contributed by atoms with van der Waals surface area (Å²) in [7, 11) is 0. The van der Waals surface area contributed by atoms with Crippen molar-refractivity contribution >= 4 is 11.9 Å². The number of nitrogens with zero attached hydrogens (tertiary/aromatic N) is 1. The minimum Gasteiger partial charge on any atom is -0.477 e. The molecule has 0 aliphatic carbocycles. The van der Waals surface area contributed by atoms with Crippen LogP contribution in [0, 0.1) is 0 Å². The fourth-order valence-corrected chi connectivity index (χ4v) is 1.32. The molecule has 0 saturated heterocycles. The van der Waals surface area contributed by atoms with Gasteiger partial charge in [-0.1, -0.05) is 13.0 Å².